The number of carbonyl (C=O) groups is 3. The molecule has 0 unspecified atom stereocenters. The second-order valence-electron chi connectivity index (χ2n) is 9.05. The van der Waals surface area contributed by atoms with Crippen molar-refractivity contribution in [1.82, 2.24) is 19.1 Å². The lowest BCUT2D eigenvalue weighted by Gasteiger charge is -2.24. The van der Waals surface area contributed by atoms with E-state index in [0.29, 0.717) is 12.2 Å². The Labute approximate surface area is 232 Å². The first-order valence-corrected chi connectivity index (χ1v) is 12.5. The smallest absolute Gasteiger partial charge is 0.303 e. The van der Waals surface area contributed by atoms with Gasteiger partial charge in [-0.2, -0.15) is 0 Å². The number of hydrogen-bond donors (Lipinski definition) is 0. The van der Waals surface area contributed by atoms with Crippen molar-refractivity contribution in [2.45, 2.75) is 52.0 Å². The van der Waals surface area contributed by atoms with Crippen LogP contribution in [0, 0.1) is 5.82 Å². The molecule has 2 aromatic heterocycles. The number of esters is 3. The molecule has 0 amide bonds. The summed E-state index contributed by atoms with van der Waals surface area (Å²) < 4.78 is 49.1. The highest BCUT2D eigenvalue weighted by Gasteiger charge is 2.51. The second-order valence-corrected chi connectivity index (χ2v) is 9.05. The van der Waals surface area contributed by atoms with Crippen LogP contribution in [0.1, 0.15) is 27.0 Å². The molecular formula is C26H29FN4O10. The number of aromatic nitrogens is 4. The summed E-state index contributed by atoms with van der Waals surface area (Å²) in [5, 5.41) is 0. The number of carbonyl (C=O) groups excluding carboxylic acids is 3. The van der Waals surface area contributed by atoms with E-state index in [1.165, 1.54) is 53.8 Å². The van der Waals surface area contributed by atoms with Gasteiger partial charge in [0.2, 0.25) is 0 Å². The minimum atomic E-state index is -1.27. The van der Waals surface area contributed by atoms with Crippen LogP contribution in [0.15, 0.2) is 35.4 Å². The van der Waals surface area contributed by atoms with Gasteiger partial charge in [0.05, 0.1) is 13.2 Å². The average molecular weight is 577 g/mol. The molecule has 14 nitrogen and oxygen atoms in total. The molecule has 0 aliphatic carbocycles. The predicted octanol–water partition coefficient (Wildman–Crippen LogP) is 1.34. The number of rotatable bonds is 11. The molecule has 1 aromatic carbocycles. The molecule has 0 spiro atoms. The number of imidazole rings is 1. The Morgan fingerprint density at radius 2 is 1.68 bits per heavy atom. The quantitative estimate of drug-likeness (QED) is 0.183. The van der Waals surface area contributed by atoms with Crippen LogP contribution in [0.25, 0.3) is 22.6 Å². The third-order valence-corrected chi connectivity index (χ3v) is 6.03. The number of methoxy groups -OCH3 is 1. The minimum absolute atomic E-state index is 0.0410. The van der Waals surface area contributed by atoms with Gasteiger partial charge in [0, 0.05) is 33.4 Å². The van der Waals surface area contributed by atoms with Crippen molar-refractivity contribution in [3.05, 3.63) is 46.8 Å². The van der Waals surface area contributed by atoms with E-state index in [4.69, 9.17) is 28.4 Å². The zero-order valence-corrected chi connectivity index (χ0v) is 22.8. The lowest BCUT2D eigenvalue weighted by Crippen LogP contribution is -2.40. The Kier molecular flexibility index (Phi) is 9.42. The maximum absolute atomic E-state index is 13.8. The lowest BCUT2D eigenvalue weighted by atomic mass is 10.1. The van der Waals surface area contributed by atoms with Gasteiger partial charge in [-0.05, 0) is 24.3 Å². The molecule has 4 rings (SSSR count). The van der Waals surface area contributed by atoms with Gasteiger partial charge in [-0.25, -0.2) is 14.4 Å². The van der Waals surface area contributed by atoms with Gasteiger partial charge in [0.25, 0.3) is 5.56 Å². The van der Waals surface area contributed by atoms with E-state index in [-0.39, 0.29) is 36.9 Å². The van der Waals surface area contributed by atoms with Crippen molar-refractivity contribution in [3.63, 3.8) is 0 Å². The van der Waals surface area contributed by atoms with Crippen LogP contribution < -0.4 is 5.56 Å². The molecule has 220 valence electrons. The lowest BCUT2D eigenvalue weighted by molar-refractivity contribution is -0.166. The van der Waals surface area contributed by atoms with Crippen molar-refractivity contribution in [2.75, 3.05) is 26.9 Å². The summed E-state index contributed by atoms with van der Waals surface area (Å²) in [5.41, 5.74) is -0.215. The van der Waals surface area contributed by atoms with Gasteiger partial charge in [-0.3, -0.25) is 28.3 Å². The average Bonchev–Trinajstić information content (AvgIpc) is 3.45. The standard InChI is InChI=1S/C26H29FN4O10/c1-14(32)38-11-19-21(39-15(2)33)22(40-16(3)34)26(41-19)31-23(17-5-7-18(27)8-6-17)29-20-24(31)28-12-30(25(20)35)13-37-10-9-36-4/h5-8,12,19,21-22,26H,9-11,13H2,1-4H3/t19-,21-,22-,26-/m1/s1. The number of ether oxygens (including phenoxy) is 6. The van der Waals surface area contributed by atoms with Crippen LogP contribution in [0.5, 0.6) is 0 Å². The molecule has 15 heteroatoms. The predicted molar refractivity (Wildman–Crippen MR) is 137 cm³/mol. The van der Waals surface area contributed by atoms with Crippen molar-refractivity contribution in [3.8, 4) is 11.4 Å². The topological polar surface area (TPSA) is 159 Å². The van der Waals surface area contributed by atoms with Gasteiger partial charge in [-0.1, -0.05) is 0 Å². The molecule has 1 aliphatic rings. The molecular weight excluding hydrogens is 547 g/mol. The van der Waals surface area contributed by atoms with Crippen molar-refractivity contribution in [1.29, 1.82) is 0 Å². The van der Waals surface area contributed by atoms with Gasteiger partial charge < -0.3 is 28.4 Å². The van der Waals surface area contributed by atoms with Gasteiger partial charge in [0.15, 0.2) is 29.6 Å². The number of nitrogens with zero attached hydrogens (tertiary/aromatic N) is 4. The van der Waals surface area contributed by atoms with Crippen LogP contribution >= 0.6 is 0 Å². The zero-order valence-electron chi connectivity index (χ0n) is 22.8. The highest BCUT2D eigenvalue weighted by atomic mass is 19.1. The molecule has 0 saturated carbocycles. The van der Waals surface area contributed by atoms with Crippen LogP contribution in [0.2, 0.25) is 0 Å². The Bertz CT molecular complexity index is 1470. The van der Waals surface area contributed by atoms with Crippen molar-refractivity contribution < 1.29 is 47.2 Å². The first-order valence-electron chi connectivity index (χ1n) is 12.5. The third kappa shape index (κ3) is 6.75. The molecule has 1 fully saturated rings. The number of benzene rings is 1. The maximum Gasteiger partial charge on any atom is 0.303 e. The Morgan fingerprint density at radius 1 is 1.00 bits per heavy atom. The summed E-state index contributed by atoms with van der Waals surface area (Å²) in [4.78, 5) is 58.0. The molecule has 0 radical (unpaired) electrons. The van der Waals surface area contributed by atoms with E-state index in [0.717, 1.165) is 13.8 Å². The van der Waals surface area contributed by atoms with E-state index < -0.39 is 53.8 Å². The van der Waals surface area contributed by atoms with E-state index in [2.05, 4.69) is 9.97 Å². The van der Waals surface area contributed by atoms with Gasteiger partial charge in [0.1, 0.15) is 37.4 Å². The number of halogens is 1. The van der Waals surface area contributed by atoms with Crippen LogP contribution in [0.3, 0.4) is 0 Å². The first kappa shape index (κ1) is 29.8. The summed E-state index contributed by atoms with van der Waals surface area (Å²) in [5.74, 6) is -2.41. The van der Waals surface area contributed by atoms with E-state index in [1.807, 2.05) is 0 Å². The van der Waals surface area contributed by atoms with Crippen molar-refractivity contribution >= 4 is 29.1 Å². The van der Waals surface area contributed by atoms with Crippen LogP contribution in [-0.4, -0.2) is 82.3 Å². The summed E-state index contributed by atoms with van der Waals surface area (Å²) in [6.45, 7) is 3.61. The maximum atomic E-state index is 13.8. The van der Waals surface area contributed by atoms with Gasteiger partial charge in [-0.15, -0.1) is 0 Å². The van der Waals surface area contributed by atoms with E-state index >= 15 is 0 Å². The minimum Gasteiger partial charge on any atom is -0.463 e. The number of fused-ring (bicyclic) bond motifs is 1. The number of hydrogen-bond acceptors (Lipinski definition) is 12. The fourth-order valence-corrected chi connectivity index (χ4v) is 4.35. The Morgan fingerprint density at radius 3 is 2.32 bits per heavy atom. The molecule has 3 aromatic rings. The van der Waals surface area contributed by atoms with Crippen molar-refractivity contribution in [2.24, 2.45) is 0 Å². The summed E-state index contributed by atoms with van der Waals surface area (Å²) >= 11 is 0. The monoisotopic (exact) mass is 576 g/mol. The zero-order chi connectivity index (χ0) is 29.7. The largest absolute Gasteiger partial charge is 0.463 e. The van der Waals surface area contributed by atoms with E-state index in [9.17, 15) is 23.6 Å². The van der Waals surface area contributed by atoms with E-state index in [1.54, 1.807) is 0 Å². The normalized spacial score (nSPS) is 20.2. The molecule has 3 heterocycles. The highest BCUT2D eigenvalue weighted by Crippen LogP contribution is 2.38. The first-order chi connectivity index (χ1) is 19.6. The molecule has 0 N–H and O–H groups in total. The summed E-state index contributed by atoms with van der Waals surface area (Å²) in [7, 11) is 1.52. The Hall–Kier alpha value is -4.21. The Balaban J connectivity index is 1.87. The van der Waals surface area contributed by atoms with Gasteiger partial charge >= 0.3 is 17.9 Å². The second kappa shape index (κ2) is 13.0. The molecule has 1 saturated heterocycles. The van der Waals surface area contributed by atoms with Crippen LogP contribution in [0.4, 0.5) is 4.39 Å². The fraction of sp³-hybridized carbons (Fsp3) is 0.462. The molecule has 0 bridgehead atoms. The molecule has 1 aliphatic heterocycles. The fourth-order valence-electron chi connectivity index (χ4n) is 4.35. The third-order valence-electron chi connectivity index (χ3n) is 6.03. The SMILES string of the molecule is COCCOCn1cnc2c(nc(-c3ccc(F)cc3)n2[C@@H]2O[C@H](COC(C)=O)[C@@H](OC(C)=O)[C@H]2OC(C)=O)c1=O. The molecule has 41 heavy (non-hydrogen) atoms. The molecule has 4 atom stereocenters. The summed E-state index contributed by atoms with van der Waals surface area (Å²) in [6, 6.07) is 5.29. The highest BCUT2D eigenvalue weighted by molar-refractivity contribution is 5.77. The van der Waals surface area contributed by atoms with Crippen LogP contribution in [-0.2, 0) is 49.5 Å². The summed E-state index contributed by atoms with van der Waals surface area (Å²) in [6.07, 6.45) is -3.54.